The molecule has 0 aliphatic rings. The van der Waals surface area contributed by atoms with Crippen LogP contribution >= 0.6 is 34.8 Å². The summed E-state index contributed by atoms with van der Waals surface area (Å²) in [5, 5.41) is 5.08. The lowest BCUT2D eigenvalue weighted by Crippen LogP contribution is -2.05. The lowest BCUT2D eigenvalue weighted by atomic mass is 10.1. The fourth-order valence-electron chi connectivity index (χ4n) is 2.57. The number of halogens is 3. The molecule has 0 spiro atoms. The number of anilines is 1. The van der Waals surface area contributed by atoms with E-state index >= 15 is 0 Å². The maximum Gasteiger partial charge on any atom is 0.166 e. The van der Waals surface area contributed by atoms with Gasteiger partial charge < -0.3 is 14.8 Å². The van der Waals surface area contributed by atoms with Crippen molar-refractivity contribution < 1.29 is 9.47 Å². The topological polar surface area (TPSA) is 30.5 Å². The number of nitrogens with one attached hydrogen (secondary N) is 1. The first-order chi connectivity index (χ1) is 13.1. The first kappa shape index (κ1) is 19.7. The van der Waals surface area contributed by atoms with Crippen LogP contribution in [0.2, 0.25) is 15.1 Å². The first-order valence-corrected chi connectivity index (χ1v) is 9.42. The van der Waals surface area contributed by atoms with E-state index in [2.05, 4.69) is 5.32 Å². The maximum absolute atomic E-state index is 6.08. The van der Waals surface area contributed by atoms with Gasteiger partial charge in [-0.15, -0.1) is 0 Å². The van der Waals surface area contributed by atoms with Gasteiger partial charge in [-0.1, -0.05) is 53.0 Å². The molecule has 0 amide bonds. The molecule has 0 unspecified atom stereocenters. The van der Waals surface area contributed by atoms with Crippen molar-refractivity contribution in [3.8, 4) is 11.5 Å². The molecule has 27 heavy (non-hydrogen) atoms. The van der Waals surface area contributed by atoms with Crippen molar-refractivity contribution in [2.75, 3.05) is 12.4 Å². The molecule has 3 aromatic carbocycles. The summed E-state index contributed by atoms with van der Waals surface area (Å²) < 4.78 is 11.5. The average Bonchev–Trinajstić information content (AvgIpc) is 2.68. The summed E-state index contributed by atoms with van der Waals surface area (Å²) >= 11 is 18.0. The number of benzene rings is 3. The van der Waals surface area contributed by atoms with Crippen molar-refractivity contribution >= 4 is 40.5 Å². The summed E-state index contributed by atoms with van der Waals surface area (Å²) in [6.45, 7) is 0.931. The molecular formula is C21H18Cl3NO2. The molecule has 0 fully saturated rings. The molecule has 0 bridgehead atoms. The molecule has 3 rings (SSSR count). The number of hydrogen-bond acceptors (Lipinski definition) is 3. The lowest BCUT2D eigenvalue weighted by Gasteiger charge is -2.16. The van der Waals surface area contributed by atoms with Gasteiger partial charge in [-0.05, 0) is 48.0 Å². The van der Waals surface area contributed by atoms with Gasteiger partial charge in [0.2, 0.25) is 0 Å². The Kier molecular flexibility index (Phi) is 6.73. The third-order valence-electron chi connectivity index (χ3n) is 3.97. The Morgan fingerprint density at radius 1 is 0.889 bits per heavy atom. The lowest BCUT2D eigenvalue weighted by molar-refractivity contribution is 0.281. The minimum atomic E-state index is 0.352. The molecule has 0 radical (unpaired) electrons. The normalized spacial score (nSPS) is 10.5. The van der Waals surface area contributed by atoms with Gasteiger partial charge in [-0.2, -0.15) is 0 Å². The van der Waals surface area contributed by atoms with Gasteiger partial charge in [-0.25, -0.2) is 0 Å². The van der Waals surface area contributed by atoms with E-state index in [-0.39, 0.29) is 0 Å². The predicted molar refractivity (Wildman–Crippen MR) is 113 cm³/mol. The minimum absolute atomic E-state index is 0.352. The maximum atomic E-state index is 6.08. The Balaban J connectivity index is 1.76. The molecule has 0 saturated carbocycles. The van der Waals surface area contributed by atoms with E-state index in [1.165, 1.54) is 0 Å². The third kappa shape index (κ3) is 5.23. The molecule has 0 aromatic heterocycles. The highest BCUT2D eigenvalue weighted by Gasteiger charge is 2.11. The van der Waals surface area contributed by atoms with Gasteiger partial charge in [0.1, 0.15) is 6.61 Å². The van der Waals surface area contributed by atoms with Gasteiger partial charge in [0.05, 0.1) is 17.2 Å². The molecule has 3 nitrogen and oxygen atoms in total. The van der Waals surface area contributed by atoms with Crippen LogP contribution in [0.4, 0.5) is 5.69 Å². The van der Waals surface area contributed by atoms with Crippen molar-refractivity contribution in [1.29, 1.82) is 0 Å². The zero-order chi connectivity index (χ0) is 19.2. The van der Waals surface area contributed by atoms with E-state index < -0.39 is 0 Å². The molecular weight excluding hydrogens is 405 g/mol. The van der Waals surface area contributed by atoms with E-state index in [1.807, 2.05) is 48.5 Å². The van der Waals surface area contributed by atoms with Crippen LogP contribution in [0, 0.1) is 0 Å². The van der Waals surface area contributed by atoms with E-state index in [0.717, 1.165) is 16.8 Å². The summed E-state index contributed by atoms with van der Waals surface area (Å²) in [5.74, 6) is 1.36. The first-order valence-electron chi connectivity index (χ1n) is 8.29. The number of hydrogen-bond donors (Lipinski definition) is 1. The smallest absolute Gasteiger partial charge is 0.166 e. The monoisotopic (exact) mass is 421 g/mol. The highest BCUT2D eigenvalue weighted by Crippen LogP contribution is 2.33. The molecule has 0 saturated heterocycles. The Hall–Kier alpha value is -2.07. The van der Waals surface area contributed by atoms with Crippen LogP contribution in [-0.2, 0) is 13.2 Å². The molecule has 1 N–H and O–H groups in total. The fraction of sp³-hybridized carbons (Fsp3) is 0.143. The molecule has 0 aliphatic heterocycles. The van der Waals surface area contributed by atoms with E-state index in [4.69, 9.17) is 44.3 Å². The minimum Gasteiger partial charge on any atom is -0.493 e. The van der Waals surface area contributed by atoms with Crippen LogP contribution in [0.1, 0.15) is 11.1 Å². The second kappa shape index (κ2) is 9.23. The highest BCUT2D eigenvalue weighted by atomic mass is 35.5. The average molecular weight is 423 g/mol. The molecule has 0 atom stereocenters. The number of para-hydroxylation sites is 1. The number of rotatable bonds is 7. The van der Waals surface area contributed by atoms with E-state index in [1.54, 1.807) is 19.2 Å². The Morgan fingerprint density at radius 2 is 1.67 bits per heavy atom. The van der Waals surface area contributed by atoms with E-state index in [9.17, 15) is 0 Å². The number of ether oxygens (including phenoxy) is 2. The second-order valence-corrected chi connectivity index (χ2v) is 7.10. The molecule has 0 aliphatic carbocycles. The van der Waals surface area contributed by atoms with Gasteiger partial charge in [0.15, 0.2) is 11.5 Å². The SMILES string of the molecule is COc1cccc(CNc2ccc(Cl)cc2)c1OCc1ccc(Cl)c(Cl)c1. The van der Waals surface area contributed by atoms with Crippen molar-refractivity contribution in [3.05, 3.63) is 86.9 Å². The summed E-state index contributed by atoms with van der Waals surface area (Å²) in [5.41, 5.74) is 2.87. The van der Waals surface area contributed by atoms with Crippen molar-refractivity contribution in [3.63, 3.8) is 0 Å². The molecule has 140 valence electrons. The predicted octanol–water partition coefficient (Wildman–Crippen LogP) is 6.85. The van der Waals surface area contributed by atoms with Crippen LogP contribution in [0.3, 0.4) is 0 Å². The second-order valence-electron chi connectivity index (χ2n) is 5.85. The Bertz CT molecular complexity index is 914. The largest absolute Gasteiger partial charge is 0.493 e. The highest BCUT2D eigenvalue weighted by molar-refractivity contribution is 6.42. The summed E-state index contributed by atoms with van der Waals surface area (Å²) in [7, 11) is 1.62. The van der Waals surface area contributed by atoms with Gasteiger partial charge >= 0.3 is 0 Å². The van der Waals surface area contributed by atoms with Crippen LogP contribution < -0.4 is 14.8 Å². The van der Waals surface area contributed by atoms with Crippen LogP contribution in [-0.4, -0.2) is 7.11 Å². The zero-order valence-corrected chi connectivity index (χ0v) is 16.9. The quantitative estimate of drug-likeness (QED) is 0.452. The standard InChI is InChI=1S/C21H18Cl3NO2/c1-26-20-4-2-3-15(12-25-17-8-6-16(22)7-9-17)21(20)27-13-14-5-10-18(23)19(24)11-14/h2-11,25H,12-13H2,1H3. The van der Waals surface area contributed by atoms with E-state index in [0.29, 0.717) is 39.7 Å². The summed E-state index contributed by atoms with van der Waals surface area (Å²) in [4.78, 5) is 0. The third-order valence-corrected chi connectivity index (χ3v) is 4.97. The van der Waals surface area contributed by atoms with Gasteiger partial charge in [0, 0.05) is 22.8 Å². The van der Waals surface area contributed by atoms with Crippen LogP contribution in [0.5, 0.6) is 11.5 Å². The zero-order valence-electron chi connectivity index (χ0n) is 14.6. The van der Waals surface area contributed by atoms with Crippen molar-refractivity contribution in [1.82, 2.24) is 0 Å². The summed E-state index contributed by atoms with van der Waals surface area (Å²) in [6.07, 6.45) is 0. The Labute approximate surface area is 173 Å². The van der Waals surface area contributed by atoms with Crippen molar-refractivity contribution in [2.45, 2.75) is 13.2 Å². The fourth-order valence-corrected chi connectivity index (χ4v) is 3.02. The number of methoxy groups -OCH3 is 1. The van der Waals surface area contributed by atoms with Gasteiger partial charge in [-0.3, -0.25) is 0 Å². The van der Waals surface area contributed by atoms with Crippen LogP contribution in [0.15, 0.2) is 60.7 Å². The summed E-state index contributed by atoms with van der Waals surface area (Å²) in [6, 6.07) is 18.8. The molecule has 3 aromatic rings. The Morgan fingerprint density at radius 3 is 2.37 bits per heavy atom. The molecule has 6 heteroatoms. The van der Waals surface area contributed by atoms with Gasteiger partial charge in [0.25, 0.3) is 0 Å². The molecule has 0 heterocycles. The van der Waals surface area contributed by atoms with Crippen molar-refractivity contribution in [2.24, 2.45) is 0 Å². The van der Waals surface area contributed by atoms with Crippen LogP contribution in [0.25, 0.3) is 0 Å².